The van der Waals surface area contributed by atoms with Gasteiger partial charge < -0.3 is 14.8 Å². The number of aryl methyl sites for hydroxylation is 1. The van der Waals surface area contributed by atoms with Gasteiger partial charge in [0.05, 0.1) is 13.7 Å². The van der Waals surface area contributed by atoms with Crippen LogP contribution in [0.3, 0.4) is 0 Å². The van der Waals surface area contributed by atoms with Crippen LogP contribution in [0.15, 0.2) is 48.5 Å². The molecule has 0 bridgehead atoms. The average molecular weight is 341 g/mol. The Kier molecular flexibility index (Phi) is 7.83. The highest BCUT2D eigenvalue weighted by atomic mass is 16.5. The van der Waals surface area contributed by atoms with Crippen LogP contribution in [0.1, 0.15) is 37.3 Å². The van der Waals surface area contributed by atoms with Gasteiger partial charge in [0.1, 0.15) is 0 Å². The Hall–Kier alpha value is -2.49. The fourth-order valence-corrected chi connectivity index (χ4v) is 2.46. The fraction of sp³-hybridized carbons (Fsp3) is 0.381. The lowest BCUT2D eigenvalue weighted by atomic mass is 10.1. The van der Waals surface area contributed by atoms with Crippen LogP contribution in [-0.4, -0.2) is 19.6 Å². The summed E-state index contributed by atoms with van der Waals surface area (Å²) >= 11 is 0. The molecule has 1 N–H and O–H groups in total. The summed E-state index contributed by atoms with van der Waals surface area (Å²) < 4.78 is 11.1. The van der Waals surface area contributed by atoms with Gasteiger partial charge in [-0.25, -0.2) is 0 Å². The number of carbonyl (C=O) groups is 1. The number of methoxy groups -OCH3 is 1. The highest BCUT2D eigenvalue weighted by molar-refractivity contribution is 5.76. The average Bonchev–Trinajstić information content (AvgIpc) is 2.66. The van der Waals surface area contributed by atoms with E-state index in [9.17, 15) is 4.79 Å². The summed E-state index contributed by atoms with van der Waals surface area (Å²) in [5.74, 6) is 1.49. The third-order valence-corrected chi connectivity index (χ3v) is 3.96. The summed E-state index contributed by atoms with van der Waals surface area (Å²) in [4.78, 5) is 12.0. The second-order valence-electron chi connectivity index (χ2n) is 5.95. The molecule has 2 rings (SSSR count). The molecule has 0 aliphatic rings. The van der Waals surface area contributed by atoms with Crippen LogP contribution < -0.4 is 14.8 Å². The smallest absolute Gasteiger partial charge is 0.220 e. The Balaban J connectivity index is 1.82. The standard InChI is InChI=1S/C21H27NO3/c1-3-4-14-25-19-12-10-18(15-20(19)24-2)16-22-21(23)13-11-17-8-6-5-7-9-17/h5-10,12,15H,3-4,11,13-14,16H2,1-2H3,(H,22,23). The molecule has 0 radical (unpaired) electrons. The van der Waals surface area contributed by atoms with E-state index in [1.807, 2.05) is 48.5 Å². The van der Waals surface area contributed by atoms with Crippen molar-refractivity contribution in [2.75, 3.05) is 13.7 Å². The van der Waals surface area contributed by atoms with E-state index in [1.54, 1.807) is 7.11 Å². The van der Waals surface area contributed by atoms with Gasteiger partial charge in [0, 0.05) is 13.0 Å². The second kappa shape index (κ2) is 10.4. The van der Waals surface area contributed by atoms with Crippen molar-refractivity contribution in [1.29, 1.82) is 0 Å². The summed E-state index contributed by atoms with van der Waals surface area (Å²) in [6, 6.07) is 15.8. The number of amides is 1. The number of hydrogen-bond acceptors (Lipinski definition) is 3. The number of hydrogen-bond donors (Lipinski definition) is 1. The van der Waals surface area contributed by atoms with E-state index in [-0.39, 0.29) is 5.91 Å². The van der Waals surface area contributed by atoms with Crippen molar-refractivity contribution in [1.82, 2.24) is 5.32 Å². The molecular formula is C21H27NO3. The molecule has 0 aliphatic heterocycles. The fourth-order valence-electron chi connectivity index (χ4n) is 2.46. The van der Waals surface area contributed by atoms with Crippen LogP contribution in [0.5, 0.6) is 11.5 Å². The van der Waals surface area contributed by atoms with Crippen molar-refractivity contribution >= 4 is 5.91 Å². The molecule has 0 spiro atoms. The van der Waals surface area contributed by atoms with Gasteiger partial charge in [-0.3, -0.25) is 4.79 Å². The zero-order valence-electron chi connectivity index (χ0n) is 15.1. The predicted octanol–water partition coefficient (Wildman–Crippen LogP) is 4.12. The number of unbranched alkanes of at least 4 members (excludes halogenated alkanes) is 1. The van der Waals surface area contributed by atoms with Crippen LogP contribution in [0.25, 0.3) is 0 Å². The van der Waals surface area contributed by atoms with Crippen molar-refractivity contribution in [3.05, 3.63) is 59.7 Å². The first-order valence-electron chi connectivity index (χ1n) is 8.83. The summed E-state index contributed by atoms with van der Waals surface area (Å²) in [6.07, 6.45) is 3.34. The van der Waals surface area contributed by atoms with Gasteiger partial charge in [0.2, 0.25) is 5.91 Å². The third kappa shape index (κ3) is 6.49. The molecule has 1 amide bonds. The molecule has 4 nitrogen and oxygen atoms in total. The number of ether oxygens (including phenoxy) is 2. The van der Waals surface area contributed by atoms with Crippen LogP contribution in [-0.2, 0) is 17.8 Å². The highest BCUT2D eigenvalue weighted by Gasteiger charge is 2.07. The summed E-state index contributed by atoms with van der Waals surface area (Å²) in [5.41, 5.74) is 2.17. The highest BCUT2D eigenvalue weighted by Crippen LogP contribution is 2.28. The van der Waals surface area contributed by atoms with Gasteiger partial charge in [-0.05, 0) is 36.1 Å². The Bertz CT molecular complexity index is 655. The number of nitrogens with one attached hydrogen (secondary N) is 1. The molecule has 134 valence electrons. The van der Waals surface area contributed by atoms with E-state index in [4.69, 9.17) is 9.47 Å². The molecule has 2 aromatic rings. The normalized spacial score (nSPS) is 10.3. The first-order chi connectivity index (χ1) is 12.2. The maximum atomic E-state index is 12.0. The SMILES string of the molecule is CCCCOc1ccc(CNC(=O)CCc2ccccc2)cc1OC. The van der Waals surface area contributed by atoms with Gasteiger partial charge in [-0.2, -0.15) is 0 Å². The van der Waals surface area contributed by atoms with E-state index >= 15 is 0 Å². The van der Waals surface area contributed by atoms with Crippen LogP contribution >= 0.6 is 0 Å². The van der Waals surface area contributed by atoms with Gasteiger partial charge in [0.25, 0.3) is 0 Å². The van der Waals surface area contributed by atoms with Gasteiger partial charge in [-0.15, -0.1) is 0 Å². The number of rotatable bonds is 10. The Labute approximate surface area is 150 Å². The molecule has 4 heteroatoms. The molecule has 0 atom stereocenters. The van der Waals surface area contributed by atoms with Crippen LogP contribution in [0.2, 0.25) is 0 Å². The van der Waals surface area contributed by atoms with Gasteiger partial charge in [0.15, 0.2) is 11.5 Å². The molecule has 0 fully saturated rings. The summed E-state index contributed by atoms with van der Waals surface area (Å²) in [5, 5.41) is 2.96. The minimum atomic E-state index is 0.0473. The largest absolute Gasteiger partial charge is 0.493 e. The lowest BCUT2D eigenvalue weighted by molar-refractivity contribution is -0.121. The molecule has 0 saturated heterocycles. The molecule has 0 unspecified atom stereocenters. The monoisotopic (exact) mass is 341 g/mol. The molecular weight excluding hydrogens is 314 g/mol. The van der Waals surface area contributed by atoms with Crippen molar-refractivity contribution in [2.24, 2.45) is 0 Å². The Morgan fingerprint density at radius 3 is 2.56 bits per heavy atom. The number of benzene rings is 2. The van der Waals surface area contributed by atoms with Crippen molar-refractivity contribution in [3.8, 4) is 11.5 Å². The zero-order valence-corrected chi connectivity index (χ0v) is 15.1. The maximum absolute atomic E-state index is 12.0. The second-order valence-corrected chi connectivity index (χ2v) is 5.95. The molecule has 0 aromatic heterocycles. The van der Waals surface area contributed by atoms with Gasteiger partial charge >= 0.3 is 0 Å². The van der Waals surface area contributed by atoms with Crippen molar-refractivity contribution in [2.45, 2.75) is 39.2 Å². The first kappa shape index (κ1) is 18.8. The van der Waals surface area contributed by atoms with E-state index in [2.05, 4.69) is 12.2 Å². The van der Waals surface area contributed by atoms with Crippen LogP contribution in [0.4, 0.5) is 0 Å². The zero-order chi connectivity index (χ0) is 17.9. The third-order valence-electron chi connectivity index (χ3n) is 3.96. The molecule has 2 aromatic carbocycles. The molecule has 25 heavy (non-hydrogen) atoms. The van der Waals surface area contributed by atoms with E-state index in [1.165, 1.54) is 5.56 Å². The number of carbonyl (C=O) groups excluding carboxylic acids is 1. The molecule has 0 aliphatic carbocycles. The Morgan fingerprint density at radius 2 is 1.84 bits per heavy atom. The quantitative estimate of drug-likeness (QED) is 0.661. The molecule has 0 heterocycles. The van der Waals surface area contributed by atoms with Gasteiger partial charge in [-0.1, -0.05) is 49.7 Å². The van der Waals surface area contributed by atoms with E-state index in [0.29, 0.717) is 25.3 Å². The summed E-state index contributed by atoms with van der Waals surface area (Å²) in [7, 11) is 1.63. The lowest BCUT2D eigenvalue weighted by Crippen LogP contribution is -2.23. The van der Waals surface area contributed by atoms with E-state index in [0.717, 1.165) is 30.6 Å². The minimum Gasteiger partial charge on any atom is -0.493 e. The predicted molar refractivity (Wildman–Crippen MR) is 100 cm³/mol. The first-order valence-corrected chi connectivity index (χ1v) is 8.83. The topological polar surface area (TPSA) is 47.6 Å². The molecule has 0 saturated carbocycles. The van der Waals surface area contributed by atoms with Crippen LogP contribution in [0, 0.1) is 0 Å². The van der Waals surface area contributed by atoms with E-state index < -0.39 is 0 Å². The van der Waals surface area contributed by atoms with Crippen molar-refractivity contribution in [3.63, 3.8) is 0 Å². The lowest BCUT2D eigenvalue weighted by Gasteiger charge is -2.12. The minimum absolute atomic E-state index is 0.0473. The Morgan fingerprint density at radius 1 is 1.04 bits per heavy atom. The van der Waals surface area contributed by atoms with Crippen molar-refractivity contribution < 1.29 is 14.3 Å². The maximum Gasteiger partial charge on any atom is 0.220 e. The summed E-state index contributed by atoms with van der Waals surface area (Å²) in [6.45, 7) is 3.30.